The van der Waals surface area contributed by atoms with E-state index in [1.807, 2.05) is 0 Å². The fourth-order valence-corrected chi connectivity index (χ4v) is 2.43. The monoisotopic (exact) mass is 288 g/mol. The summed E-state index contributed by atoms with van der Waals surface area (Å²) in [7, 11) is 0. The molecule has 0 aromatic heterocycles. The van der Waals surface area contributed by atoms with Crippen molar-refractivity contribution in [3.8, 4) is 0 Å². The smallest absolute Gasteiger partial charge is 0.00645 e. The summed E-state index contributed by atoms with van der Waals surface area (Å²) in [6.07, 6.45) is 7.58. The van der Waals surface area contributed by atoms with Crippen LogP contribution in [0.25, 0.3) is 0 Å². The highest BCUT2D eigenvalue weighted by Crippen LogP contribution is 2.13. The zero-order valence-electron chi connectivity index (χ0n) is 9.29. The largest absolute Gasteiger partial charge is 0.0897 e. The number of thiocarbonyl (C=S) groups is 4. The molecule has 1 saturated carbocycles. The maximum absolute atomic E-state index is 5.32. The van der Waals surface area contributed by atoms with E-state index in [-0.39, 0.29) is 0 Å². The van der Waals surface area contributed by atoms with Gasteiger partial charge in [-0.3, -0.25) is 0 Å². The van der Waals surface area contributed by atoms with Gasteiger partial charge in [0.05, 0.1) is 0 Å². The van der Waals surface area contributed by atoms with E-state index in [1.165, 1.54) is 0 Å². The molecule has 0 aromatic carbocycles. The molecular formula is C12H16S4. The zero-order valence-corrected chi connectivity index (χ0v) is 12.6. The molecule has 16 heavy (non-hydrogen) atoms. The quantitative estimate of drug-likeness (QED) is 0.597. The second kappa shape index (κ2) is 7.64. The van der Waals surface area contributed by atoms with Crippen LogP contribution < -0.4 is 0 Å². The molecule has 0 aromatic rings. The molecule has 0 spiro atoms. The van der Waals surface area contributed by atoms with E-state index < -0.39 is 0 Å². The van der Waals surface area contributed by atoms with Crippen molar-refractivity contribution in [1.29, 1.82) is 0 Å². The minimum atomic E-state index is 0.948. The summed E-state index contributed by atoms with van der Waals surface area (Å²) < 4.78 is 0. The lowest BCUT2D eigenvalue weighted by atomic mass is 10.0. The van der Waals surface area contributed by atoms with Crippen LogP contribution in [0, 0.1) is 0 Å². The van der Waals surface area contributed by atoms with Gasteiger partial charge in [0.25, 0.3) is 0 Å². The molecular weight excluding hydrogens is 272 g/mol. The summed E-state index contributed by atoms with van der Waals surface area (Å²) in [5, 5.41) is 0. The second-order valence-electron chi connectivity index (χ2n) is 4.15. The highest BCUT2D eigenvalue weighted by Gasteiger charge is 2.08. The van der Waals surface area contributed by atoms with Crippen molar-refractivity contribution in [3.63, 3.8) is 0 Å². The third-order valence-electron chi connectivity index (χ3n) is 2.73. The number of hydrogen-bond donors (Lipinski definition) is 0. The second-order valence-corrected chi connectivity index (χ2v) is 6.46. The lowest BCUT2D eigenvalue weighted by Crippen LogP contribution is -2.09. The normalized spacial score (nSPS) is 21.5. The van der Waals surface area contributed by atoms with Crippen LogP contribution in [-0.4, -0.2) is 19.5 Å². The van der Waals surface area contributed by atoms with E-state index in [4.69, 9.17) is 48.9 Å². The summed E-state index contributed by atoms with van der Waals surface area (Å²) in [5.41, 5.74) is 0. The Hall–Kier alpha value is 0.360. The van der Waals surface area contributed by atoms with Crippen LogP contribution in [0.3, 0.4) is 0 Å². The van der Waals surface area contributed by atoms with Crippen LogP contribution in [-0.2, 0) is 0 Å². The van der Waals surface area contributed by atoms with Gasteiger partial charge >= 0.3 is 0 Å². The molecule has 0 nitrogen and oxygen atoms in total. The first kappa shape index (κ1) is 14.4. The van der Waals surface area contributed by atoms with Gasteiger partial charge < -0.3 is 0 Å². The maximum Gasteiger partial charge on any atom is -0.00645 e. The summed E-state index contributed by atoms with van der Waals surface area (Å²) in [5.74, 6) is 0. The van der Waals surface area contributed by atoms with E-state index in [2.05, 4.69) is 0 Å². The molecule has 0 atom stereocenters. The van der Waals surface area contributed by atoms with Crippen LogP contribution in [0.15, 0.2) is 0 Å². The molecule has 1 aliphatic carbocycles. The first-order valence-corrected chi connectivity index (χ1v) is 7.28. The van der Waals surface area contributed by atoms with E-state index in [1.54, 1.807) is 0 Å². The van der Waals surface area contributed by atoms with Crippen LogP contribution in [0.4, 0.5) is 0 Å². The van der Waals surface area contributed by atoms with E-state index >= 15 is 0 Å². The summed E-state index contributed by atoms with van der Waals surface area (Å²) in [6.45, 7) is 0. The SMILES string of the molecule is S=C1CCC(=S)CCC(=S)CCC(=S)CC1. The van der Waals surface area contributed by atoms with Gasteiger partial charge in [0.1, 0.15) is 0 Å². The number of rotatable bonds is 0. The first-order chi connectivity index (χ1) is 7.58. The Morgan fingerprint density at radius 1 is 0.375 bits per heavy atom. The number of hydrogen-bond acceptors (Lipinski definition) is 4. The minimum Gasteiger partial charge on any atom is -0.0897 e. The average molecular weight is 289 g/mol. The van der Waals surface area contributed by atoms with Crippen LogP contribution in [0.1, 0.15) is 51.4 Å². The Morgan fingerprint density at radius 3 is 0.625 bits per heavy atom. The van der Waals surface area contributed by atoms with E-state index in [9.17, 15) is 0 Å². The van der Waals surface area contributed by atoms with E-state index in [0.29, 0.717) is 0 Å². The highest BCUT2D eigenvalue weighted by atomic mass is 32.1. The molecule has 1 aliphatic rings. The molecule has 1 fully saturated rings. The molecule has 0 unspecified atom stereocenters. The summed E-state index contributed by atoms with van der Waals surface area (Å²) in [4.78, 5) is 4.47. The fourth-order valence-electron chi connectivity index (χ4n) is 1.62. The lowest BCUT2D eigenvalue weighted by molar-refractivity contribution is 0.996. The average Bonchev–Trinajstić information content (AvgIpc) is 2.27. The Balaban J connectivity index is 2.52. The van der Waals surface area contributed by atoms with Gasteiger partial charge in [-0.1, -0.05) is 48.9 Å². The summed E-state index contributed by atoms with van der Waals surface area (Å²) in [6, 6.07) is 0. The molecule has 0 amide bonds. The van der Waals surface area contributed by atoms with Crippen molar-refractivity contribution in [2.75, 3.05) is 0 Å². The third-order valence-corrected chi connectivity index (χ3v) is 4.36. The summed E-state index contributed by atoms with van der Waals surface area (Å²) >= 11 is 21.3. The molecule has 0 aliphatic heterocycles. The Kier molecular flexibility index (Phi) is 6.89. The third kappa shape index (κ3) is 6.18. The minimum absolute atomic E-state index is 0.948. The molecule has 88 valence electrons. The van der Waals surface area contributed by atoms with Crippen molar-refractivity contribution >= 4 is 68.3 Å². The molecule has 0 N–H and O–H groups in total. The van der Waals surface area contributed by atoms with Gasteiger partial charge in [0, 0.05) is 0 Å². The predicted octanol–water partition coefficient (Wildman–Crippen LogP) is 4.60. The van der Waals surface area contributed by atoms with Crippen molar-refractivity contribution in [3.05, 3.63) is 0 Å². The molecule has 1 rings (SSSR count). The van der Waals surface area contributed by atoms with Gasteiger partial charge in [-0.15, -0.1) is 0 Å². The zero-order chi connectivity index (χ0) is 12.0. The Labute approximate surface area is 119 Å². The van der Waals surface area contributed by atoms with Crippen LogP contribution in [0.5, 0.6) is 0 Å². The van der Waals surface area contributed by atoms with Crippen molar-refractivity contribution in [1.82, 2.24) is 0 Å². The van der Waals surface area contributed by atoms with Gasteiger partial charge in [0.2, 0.25) is 0 Å². The van der Waals surface area contributed by atoms with Gasteiger partial charge in [-0.25, -0.2) is 0 Å². The standard InChI is InChI=1S/C12H16S4/c13-9-1-2-10(14)5-6-12(16)8-7-11(15)4-3-9/h1-8H2. The van der Waals surface area contributed by atoms with Gasteiger partial charge in [-0.2, -0.15) is 0 Å². The molecule has 0 saturated heterocycles. The van der Waals surface area contributed by atoms with E-state index in [0.717, 1.165) is 70.8 Å². The fraction of sp³-hybridized carbons (Fsp3) is 0.667. The van der Waals surface area contributed by atoms with Crippen molar-refractivity contribution in [2.45, 2.75) is 51.4 Å². The Bertz CT molecular complexity index is 229. The lowest BCUT2D eigenvalue weighted by Gasteiger charge is -2.10. The molecule has 4 heteroatoms. The van der Waals surface area contributed by atoms with Gasteiger partial charge in [-0.05, 0) is 70.8 Å². The van der Waals surface area contributed by atoms with Gasteiger partial charge in [0.15, 0.2) is 0 Å². The topological polar surface area (TPSA) is 0 Å². The Morgan fingerprint density at radius 2 is 0.500 bits per heavy atom. The maximum atomic E-state index is 5.32. The predicted molar refractivity (Wildman–Crippen MR) is 87.3 cm³/mol. The highest BCUT2D eigenvalue weighted by molar-refractivity contribution is 7.81. The first-order valence-electron chi connectivity index (χ1n) is 5.64. The molecule has 0 heterocycles. The van der Waals surface area contributed by atoms with Crippen molar-refractivity contribution < 1.29 is 0 Å². The molecule has 0 radical (unpaired) electrons. The van der Waals surface area contributed by atoms with Crippen LogP contribution >= 0.6 is 48.9 Å². The van der Waals surface area contributed by atoms with Crippen LogP contribution in [0.2, 0.25) is 0 Å². The molecule has 0 bridgehead atoms. The van der Waals surface area contributed by atoms with Crippen molar-refractivity contribution in [2.24, 2.45) is 0 Å².